The number of hydrogen-bond acceptors (Lipinski definition) is 4. The molecule has 0 spiro atoms. The molecule has 136 valence electrons. The van der Waals surface area contributed by atoms with Crippen molar-refractivity contribution in [2.75, 3.05) is 6.54 Å². The number of hydrogen-bond donors (Lipinski definition) is 1. The molecule has 0 atom stereocenters. The topological polar surface area (TPSA) is 72.2 Å². The second kappa shape index (κ2) is 7.39. The van der Waals surface area contributed by atoms with Crippen LogP contribution in [0.4, 0.5) is 4.39 Å². The Kier molecular flexibility index (Phi) is 5.20. The van der Waals surface area contributed by atoms with Gasteiger partial charge in [0.15, 0.2) is 5.89 Å². The maximum atomic E-state index is 13.2. The fourth-order valence-electron chi connectivity index (χ4n) is 2.75. The van der Waals surface area contributed by atoms with Gasteiger partial charge in [-0.3, -0.25) is 0 Å². The molecule has 0 saturated carbocycles. The number of nitrogens with zero attached hydrogens (tertiary/aromatic N) is 1. The van der Waals surface area contributed by atoms with Crippen molar-refractivity contribution in [3.05, 3.63) is 71.6 Å². The third kappa shape index (κ3) is 4.00. The van der Waals surface area contributed by atoms with E-state index in [2.05, 4.69) is 9.71 Å². The van der Waals surface area contributed by atoms with Gasteiger partial charge in [0.1, 0.15) is 17.3 Å². The molecule has 5 nitrogen and oxygen atoms in total. The normalized spacial score (nSPS) is 11.7. The first-order valence-electron chi connectivity index (χ1n) is 8.14. The van der Waals surface area contributed by atoms with Crippen molar-refractivity contribution in [1.29, 1.82) is 0 Å². The number of halogens is 1. The molecule has 1 aromatic heterocycles. The van der Waals surface area contributed by atoms with Gasteiger partial charge in [0.25, 0.3) is 0 Å². The molecule has 1 N–H and O–H groups in total. The summed E-state index contributed by atoms with van der Waals surface area (Å²) >= 11 is 0. The minimum absolute atomic E-state index is 0.0657. The van der Waals surface area contributed by atoms with Gasteiger partial charge in [-0.15, -0.1) is 0 Å². The quantitative estimate of drug-likeness (QED) is 0.715. The molecule has 2 aromatic carbocycles. The molecule has 3 aromatic rings. The predicted molar refractivity (Wildman–Crippen MR) is 96.7 cm³/mol. The number of benzene rings is 2. The van der Waals surface area contributed by atoms with E-state index in [9.17, 15) is 12.8 Å². The van der Waals surface area contributed by atoms with Crippen molar-refractivity contribution >= 4 is 10.0 Å². The highest BCUT2D eigenvalue weighted by molar-refractivity contribution is 7.89. The Morgan fingerprint density at radius 2 is 1.85 bits per heavy atom. The number of rotatable bonds is 6. The summed E-state index contributed by atoms with van der Waals surface area (Å²) in [5.74, 6) is 0.675. The van der Waals surface area contributed by atoms with Gasteiger partial charge in [-0.1, -0.05) is 30.3 Å². The SMILES string of the molecule is Cc1nc(-c2ccccc2)c(CCNS(=O)(=O)c2ccc(F)cc2C)o1. The van der Waals surface area contributed by atoms with Crippen LogP contribution in [0.1, 0.15) is 17.2 Å². The fraction of sp³-hybridized carbons (Fsp3) is 0.211. The molecule has 0 aliphatic heterocycles. The van der Waals surface area contributed by atoms with E-state index >= 15 is 0 Å². The van der Waals surface area contributed by atoms with Crippen LogP contribution in [0.5, 0.6) is 0 Å². The van der Waals surface area contributed by atoms with Crippen LogP contribution in [0, 0.1) is 19.7 Å². The van der Waals surface area contributed by atoms with Crippen molar-refractivity contribution in [1.82, 2.24) is 9.71 Å². The van der Waals surface area contributed by atoms with Crippen molar-refractivity contribution in [2.45, 2.75) is 25.2 Å². The standard InChI is InChI=1S/C19H19FN2O3S/c1-13-12-16(20)8-9-18(13)26(23,24)21-11-10-17-19(22-14(2)25-17)15-6-4-3-5-7-15/h3-9,12,21H,10-11H2,1-2H3. The van der Waals surface area contributed by atoms with E-state index < -0.39 is 15.8 Å². The van der Waals surface area contributed by atoms with Crippen LogP contribution >= 0.6 is 0 Å². The minimum Gasteiger partial charge on any atom is -0.445 e. The zero-order chi connectivity index (χ0) is 18.7. The molecular formula is C19H19FN2O3S. The van der Waals surface area contributed by atoms with E-state index in [1.807, 2.05) is 30.3 Å². The fourth-order valence-corrected chi connectivity index (χ4v) is 4.01. The Bertz CT molecular complexity index is 1010. The second-order valence-electron chi connectivity index (χ2n) is 5.93. The van der Waals surface area contributed by atoms with Gasteiger partial charge >= 0.3 is 0 Å². The Labute approximate surface area is 151 Å². The lowest BCUT2D eigenvalue weighted by atomic mass is 10.1. The minimum atomic E-state index is -3.73. The Balaban J connectivity index is 1.74. The maximum Gasteiger partial charge on any atom is 0.240 e. The number of nitrogens with one attached hydrogen (secondary N) is 1. The van der Waals surface area contributed by atoms with E-state index in [1.54, 1.807) is 13.8 Å². The molecule has 26 heavy (non-hydrogen) atoms. The lowest BCUT2D eigenvalue weighted by molar-refractivity contribution is 0.473. The lowest BCUT2D eigenvalue weighted by Crippen LogP contribution is -2.26. The van der Waals surface area contributed by atoms with Crippen molar-refractivity contribution in [2.24, 2.45) is 0 Å². The molecule has 7 heteroatoms. The van der Waals surface area contributed by atoms with E-state index in [0.717, 1.165) is 11.6 Å². The summed E-state index contributed by atoms with van der Waals surface area (Å²) in [5, 5.41) is 0. The van der Waals surface area contributed by atoms with Gasteiger partial charge in [0.2, 0.25) is 10.0 Å². The average Bonchev–Trinajstić information content (AvgIpc) is 2.96. The summed E-state index contributed by atoms with van der Waals surface area (Å²) in [5.41, 5.74) is 1.98. The van der Waals surface area contributed by atoms with Crippen LogP contribution in [0.15, 0.2) is 57.8 Å². The molecule has 0 aliphatic carbocycles. The van der Waals surface area contributed by atoms with E-state index in [0.29, 0.717) is 29.3 Å². The Morgan fingerprint density at radius 1 is 1.12 bits per heavy atom. The number of oxazole rings is 1. The first-order valence-corrected chi connectivity index (χ1v) is 9.63. The van der Waals surface area contributed by atoms with Crippen molar-refractivity contribution in [3.8, 4) is 11.3 Å². The monoisotopic (exact) mass is 374 g/mol. The molecule has 0 fully saturated rings. The van der Waals surface area contributed by atoms with Gasteiger partial charge in [-0.2, -0.15) is 0 Å². The second-order valence-corrected chi connectivity index (χ2v) is 7.66. The summed E-state index contributed by atoms with van der Waals surface area (Å²) in [6.45, 7) is 3.46. The molecule has 3 rings (SSSR count). The lowest BCUT2D eigenvalue weighted by Gasteiger charge is -2.09. The van der Waals surface area contributed by atoms with Crippen LogP contribution in [0.3, 0.4) is 0 Å². The number of aryl methyl sites for hydroxylation is 2. The molecule has 1 heterocycles. The summed E-state index contributed by atoms with van der Waals surface area (Å²) in [6.07, 6.45) is 0.352. The van der Waals surface area contributed by atoms with Gasteiger partial charge in [0, 0.05) is 25.5 Å². The first kappa shape index (κ1) is 18.3. The molecule has 0 bridgehead atoms. The zero-order valence-corrected chi connectivity index (χ0v) is 15.3. The predicted octanol–water partition coefficient (Wildman–Crippen LogP) is 3.62. The Hall–Kier alpha value is -2.51. The molecule has 0 aliphatic rings. The summed E-state index contributed by atoms with van der Waals surface area (Å²) < 4.78 is 46.2. The number of sulfonamides is 1. The van der Waals surface area contributed by atoms with Crippen LogP contribution < -0.4 is 4.72 Å². The summed E-state index contributed by atoms with van der Waals surface area (Å²) in [7, 11) is -3.73. The van der Waals surface area contributed by atoms with E-state index in [4.69, 9.17) is 4.42 Å². The molecule has 0 radical (unpaired) electrons. The maximum absolute atomic E-state index is 13.2. The van der Waals surface area contributed by atoms with Gasteiger partial charge in [0.05, 0.1) is 4.90 Å². The summed E-state index contributed by atoms with van der Waals surface area (Å²) in [6, 6.07) is 13.2. The highest BCUT2D eigenvalue weighted by Crippen LogP contribution is 2.24. The van der Waals surface area contributed by atoms with Crippen molar-refractivity contribution in [3.63, 3.8) is 0 Å². The van der Waals surface area contributed by atoms with Gasteiger partial charge < -0.3 is 4.42 Å². The molecule has 0 unspecified atom stereocenters. The van der Waals surface area contributed by atoms with Gasteiger partial charge in [-0.25, -0.2) is 22.5 Å². The Morgan fingerprint density at radius 3 is 2.54 bits per heavy atom. The molecular weight excluding hydrogens is 355 g/mol. The first-order chi connectivity index (χ1) is 12.4. The largest absolute Gasteiger partial charge is 0.445 e. The third-order valence-corrected chi connectivity index (χ3v) is 5.54. The van der Waals surface area contributed by atoms with E-state index in [-0.39, 0.29) is 11.4 Å². The highest BCUT2D eigenvalue weighted by Gasteiger charge is 2.18. The summed E-state index contributed by atoms with van der Waals surface area (Å²) in [4.78, 5) is 4.46. The van der Waals surface area contributed by atoms with Crippen LogP contribution in [-0.2, 0) is 16.4 Å². The van der Waals surface area contributed by atoms with Gasteiger partial charge in [-0.05, 0) is 30.7 Å². The third-order valence-electron chi connectivity index (χ3n) is 3.92. The van der Waals surface area contributed by atoms with Crippen LogP contribution in [0.25, 0.3) is 11.3 Å². The highest BCUT2D eigenvalue weighted by atomic mass is 32.2. The number of aromatic nitrogens is 1. The zero-order valence-electron chi connectivity index (χ0n) is 14.5. The van der Waals surface area contributed by atoms with E-state index in [1.165, 1.54) is 12.1 Å². The smallest absolute Gasteiger partial charge is 0.240 e. The molecule has 0 amide bonds. The van der Waals surface area contributed by atoms with Crippen molar-refractivity contribution < 1.29 is 17.2 Å². The van der Waals surface area contributed by atoms with Crippen LogP contribution in [-0.4, -0.2) is 19.9 Å². The average molecular weight is 374 g/mol. The van der Waals surface area contributed by atoms with Crippen LogP contribution in [0.2, 0.25) is 0 Å². The molecule has 0 saturated heterocycles.